The summed E-state index contributed by atoms with van der Waals surface area (Å²) in [6, 6.07) is 0. The normalized spacial score (nSPS) is 10.3. The fourth-order valence-electron chi connectivity index (χ4n) is 1.09. The number of rotatable bonds is 6. The first kappa shape index (κ1) is 11.6. The zero-order chi connectivity index (χ0) is 11.1. The number of carbonyl (C=O) groups is 1. The molecule has 0 saturated carbocycles. The standard InChI is InChI=1S/C9H16N4O2/c1-3-4-7-11-8(13-12-7)9(14)10-5-6-15-2/h3-6H2,1-2H3,(H,10,14)(H,11,12,13). The molecule has 0 aliphatic rings. The molecule has 1 heterocycles. The first-order valence-electron chi connectivity index (χ1n) is 4.96. The molecular weight excluding hydrogens is 196 g/mol. The minimum Gasteiger partial charge on any atom is -0.383 e. The Bertz CT molecular complexity index is 311. The molecule has 0 saturated heterocycles. The third kappa shape index (κ3) is 3.67. The molecule has 0 aliphatic heterocycles. The predicted octanol–water partition coefficient (Wildman–Crippen LogP) is 0.133. The Labute approximate surface area is 88.4 Å². The van der Waals surface area contributed by atoms with Crippen LogP contribution in [0.2, 0.25) is 0 Å². The molecular formula is C9H16N4O2. The first-order valence-corrected chi connectivity index (χ1v) is 4.96. The molecule has 84 valence electrons. The van der Waals surface area contributed by atoms with Crippen molar-refractivity contribution in [2.45, 2.75) is 19.8 Å². The number of aromatic amines is 1. The Kier molecular flexibility index (Phi) is 4.76. The average molecular weight is 212 g/mol. The molecule has 6 heteroatoms. The molecule has 0 fully saturated rings. The first-order chi connectivity index (χ1) is 7.27. The van der Waals surface area contributed by atoms with Gasteiger partial charge in [0, 0.05) is 20.1 Å². The largest absolute Gasteiger partial charge is 0.383 e. The third-order valence-electron chi connectivity index (χ3n) is 1.81. The summed E-state index contributed by atoms with van der Waals surface area (Å²) >= 11 is 0. The summed E-state index contributed by atoms with van der Waals surface area (Å²) in [5.74, 6) is 0.662. The van der Waals surface area contributed by atoms with Gasteiger partial charge in [-0.1, -0.05) is 6.92 Å². The highest BCUT2D eigenvalue weighted by Crippen LogP contribution is 1.96. The number of aromatic nitrogens is 3. The molecule has 6 nitrogen and oxygen atoms in total. The summed E-state index contributed by atoms with van der Waals surface area (Å²) in [5.41, 5.74) is 0. The zero-order valence-corrected chi connectivity index (χ0v) is 9.04. The third-order valence-corrected chi connectivity index (χ3v) is 1.81. The van der Waals surface area contributed by atoms with E-state index in [2.05, 4.69) is 20.5 Å². The van der Waals surface area contributed by atoms with Gasteiger partial charge in [-0.15, -0.1) is 5.10 Å². The number of hydrogen-bond acceptors (Lipinski definition) is 4. The zero-order valence-electron chi connectivity index (χ0n) is 9.04. The lowest BCUT2D eigenvalue weighted by Crippen LogP contribution is -2.27. The van der Waals surface area contributed by atoms with Gasteiger partial charge in [0.05, 0.1) is 6.61 Å². The highest BCUT2D eigenvalue weighted by Gasteiger charge is 2.10. The van der Waals surface area contributed by atoms with Gasteiger partial charge in [-0.3, -0.25) is 9.89 Å². The van der Waals surface area contributed by atoms with Gasteiger partial charge >= 0.3 is 0 Å². The van der Waals surface area contributed by atoms with E-state index in [4.69, 9.17) is 4.74 Å². The molecule has 0 unspecified atom stereocenters. The fraction of sp³-hybridized carbons (Fsp3) is 0.667. The Balaban J connectivity index is 2.43. The van der Waals surface area contributed by atoms with E-state index >= 15 is 0 Å². The Morgan fingerprint density at radius 1 is 1.60 bits per heavy atom. The summed E-state index contributed by atoms with van der Waals surface area (Å²) in [6.45, 7) is 2.99. The lowest BCUT2D eigenvalue weighted by atomic mass is 10.3. The lowest BCUT2D eigenvalue weighted by molar-refractivity contribution is 0.0927. The molecule has 0 spiro atoms. The van der Waals surface area contributed by atoms with Crippen molar-refractivity contribution in [2.24, 2.45) is 0 Å². The highest BCUT2D eigenvalue weighted by molar-refractivity contribution is 5.90. The van der Waals surface area contributed by atoms with Gasteiger partial charge in [-0.2, -0.15) is 0 Å². The van der Waals surface area contributed by atoms with Crippen LogP contribution in [-0.2, 0) is 11.2 Å². The van der Waals surface area contributed by atoms with Crippen LogP contribution in [0, 0.1) is 0 Å². The summed E-state index contributed by atoms with van der Waals surface area (Å²) in [7, 11) is 1.58. The van der Waals surface area contributed by atoms with Gasteiger partial charge in [-0.05, 0) is 6.42 Å². The van der Waals surface area contributed by atoms with Crippen LogP contribution in [-0.4, -0.2) is 41.3 Å². The summed E-state index contributed by atoms with van der Waals surface area (Å²) < 4.78 is 4.81. The van der Waals surface area contributed by atoms with Crippen LogP contribution in [0.5, 0.6) is 0 Å². The Morgan fingerprint density at radius 2 is 2.40 bits per heavy atom. The van der Waals surface area contributed by atoms with Crippen molar-refractivity contribution in [3.05, 3.63) is 11.6 Å². The predicted molar refractivity (Wildman–Crippen MR) is 54.6 cm³/mol. The van der Waals surface area contributed by atoms with Gasteiger partial charge in [0.25, 0.3) is 5.91 Å². The highest BCUT2D eigenvalue weighted by atomic mass is 16.5. The quantitative estimate of drug-likeness (QED) is 0.657. The number of nitrogens with zero attached hydrogens (tertiary/aromatic N) is 2. The SMILES string of the molecule is CCCc1nc(C(=O)NCCOC)n[nH]1. The maximum absolute atomic E-state index is 11.4. The second-order valence-corrected chi connectivity index (χ2v) is 3.10. The Morgan fingerprint density at radius 3 is 3.07 bits per heavy atom. The molecule has 1 amide bonds. The number of nitrogens with one attached hydrogen (secondary N) is 2. The Hall–Kier alpha value is -1.43. The molecule has 1 aromatic heterocycles. The molecule has 0 aromatic carbocycles. The summed E-state index contributed by atoms with van der Waals surface area (Å²) in [4.78, 5) is 15.5. The molecule has 0 bridgehead atoms. The number of aryl methyl sites for hydroxylation is 1. The van der Waals surface area contributed by atoms with Crippen LogP contribution in [0.1, 0.15) is 29.8 Å². The van der Waals surface area contributed by atoms with Crippen molar-refractivity contribution in [3.8, 4) is 0 Å². The van der Waals surface area contributed by atoms with E-state index in [1.165, 1.54) is 0 Å². The molecule has 1 aromatic rings. The van der Waals surface area contributed by atoms with Crippen molar-refractivity contribution in [1.82, 2.24) is 20.5 Å². The van der Waals surface area contributed by atoms with E-state index in [9.17, 15) is 4.79 Å². The maximum Gasteiger partial charge on any atom is 0.291 e. The van der Waals surface area contributed by atoms with E-state index in [0.717, 1.165) is 18.7 Å². The van der Waals surface area contributed by atoms with E-state index in [0.29, 0.717) is 13.2 Å². The van der Waals surface area contributed by atoms with Crippen molar-refractivity contribution in [3.63, 3.8) is 0 Å². The van der Waals surface area contributed by atoms with Gasteiger partial charge < -0.3 is 10.1 Å². The fourth-order valence-corrected chi connectivity index (χ4v) is 1.09. The van der Waals surface area contributed by atoms with Crippen molar-refractivity contribution >= 4 is 5.91 Å². The van der Waals surface area contributed by atoms with Crippen LogP contribution in [0.3, 0.4) is 0 Å². The maximum atomic E-state index is 11.4. The molecule has 0 atom stereocenters. The van der Waals surface area contributed by atoms with E-state index < -0.39 is 0 Å². The average Bonchev–Trinajstić information content (AvgIpc) is 2.67. The topological polar surface area (TPSA) is 79.9 Å². The molecule has 1 rings (SSSR count). The van der Waals surface area contributed by atoms with Gasteiger partial charge in [0.15, 0.2) is 0 Å². The number of amides is 1. The molecule has 15 heavy (non-hydrogen) atoms. The van der Waals surface area contributed by atoms with Crippen molar-refractivity contribution in [2.75, 3.05) is 20.3 Å². The number of carbonyl (C=O) groups excluding carboxylic acids is 1. The van der Waals surface area contributed by atoms with Gasteiger partial charge in [0.2, 0.25) is 5.82 Å². The molecule has 0 aliphatic carbocycles. The lowest BCUT2D eigenvalue weighted by Gasteiger charge is -1.99. The number of ether oxygens (including phenoxy) is 1. The van der Waals surface area contributed by atoms with E-state index in [-0.39, 0.29) is 11.7 Å². The smallest absolute Gasteiger partial charge is 0.291 e. The summed E-state index contributed by atoms with van der Waals surface area (Å²) in [6.07, 6.45) is 1.78. The van der Waals surface area contributed by atoms with Crippen LogP contribution >= 0.6 is 0 Å². The van der Waals surface area contributed by atoms with Crippen molar-refractivity contribution < 1.29 is 9.53 Å². The van der Waals surface area contributed by atoms with Gasteiger partial charge in [-0.25, -0.2) is 4.98 Å². The second kappa shape index (κ2) is 6.13. The number of H-pyrrole nitrogens is 1. The minimum atomic E-state index is -0.273. The summed E-state index contributed by atoms with van der Waals surface area (Å²) in [5, 5.41) is 9.20. The van der Waals surface area contributed by atoms with Crippen LogP contribution in [0.4, 0.5) is 0 Å². The number of methoxy groups -OCH3 is 1. The van der Waals surface area contributed by atoms with Crippen molar-refractivity contribution in [1.29, 1.82) is 0 Å². The monoisotopic (exact) mass is 212 g/mol. The van der Waals surface area contributed by atoms with Gasteiger partial charge in [0.1, 0.15) is 5.82 Å². The molecule has 0 radical (unpaired) electrons. The van der Waals surface area contributed by atoms with Crippen LogP contribution < -0.4 is 5.32 Å². The molecule has 2 N–H and O–H groups in total. The minimum absolute atomic E-state index is 0.189. The second-order valence-electron chi connectivity index (χ2n) is 3.10. The van der Waals surface area contributed by atoms with E-state index in [1.54, 1.807) is 7.11 Å². The van der Waals surface area contributed by atoms with E-state index in [1.807, 2.05) is 6.92 Å². The van der Waals surface area contributed by atoms with Crippen LogP contribution in [0.15, 0.2) is 0 Å². The number of hydrogen-bond donors (Lipinski definition) is 2. The van der Waals surface area contributed by atoms with Crippen LogP contribution in [0.25, 0.3) is 0 Å².